The molecule has 0 radical (unpaired) electrons. The third kappa shape index (κ3) is 1.99. The summed E-state index contributed by atoms with van der Waals surface area (Å²) in [5.74, 6) is -1.76. The van der Waals surface area contributed by atoms with Gasteiger partial charge >= 0.3 is 5.97 Å². The highest BCUT2D eigenvalue weighted by atomic mass is 79.9. The molecule has 0 amide bonds. The summed E-state index contributed by atoms with van der Waals surface area (Å²) in [5, 5.41) is 19.4. The first-order valence-electron chi connectivity index (χ1n) is 5.23. The van der Waals surface area contributed by atoms with Gasteiger partial charge in [-0.3, -0.25) is 4.79 Å². The Morgan fingerprint density at radius 1 is 1.31 bits per heavy atom. The Bertz CT molecular complexity index is 395. The van der Waals surface area contributed by atoms with Crippen LogP contribution in [0.2, 0.25) is 0 Å². The van der Waals surface area contributed by atoms with Crippen LogP contribution in [-0.2, 0) is 4.79 Å². The van der Waals surface area contributed by atoms with Crippen LogP contribution in [0.25, 0.3) is 0 Å². The van der Waals surface area contributed by atoms with E-state index in [2.05, 4.69) is 15.9 Å². The van der Waals surface area contributed by atoms with Crippen LogP contribution in [0.4, 0.5) is 0 Å². The summed E-state index contributed by atoms with van der Waals surface area (Å²) in [7, 11) is 0. The fourth-order valence-electron chi connectivity index (χ4n) is 2.17. The number of benzene rings is 1. The fourth-order valence-corrected chi connectivity index (χ4v) is 2.43. The highest BCUT2D eigenvalue weighted by Crippen LogP contribution is 2.43. The Morgan fingerprint density at radius 3 is 2.25 bits per heavy atom. The zero-order valence-electron chi connectivity index (χ0n) is 8.69. The van der Waals surface area contributed by atoms with Crippen molar-refractivity contribution < 1.29 is 15.0 Å². The molecule has 86 valence electrons. The molecule has 0 aliphatic heterocycles. The minimum absolute atomic E-state index is 0.569. The first-order valence-corrected chi connectivity index (χ1v) is 6.03. The molecule has 0 spiro atoms. The summed E-state index contributed by atoms with van der Waals surface area (Å²) in [6, 6.07) is 7.10. The number of carboxylic acid groups (broad SMARTS) is 1. The van der Waals surface area contributed by atoms with Crippen LogP contribution in [0.1, 0.15) is 30.7 Å². The Kier molecular flexibility index (Phi) is 3.04. The molecule has 1 aliphatic carbocycles. The number of aliphatic hydroxyl groups is 1. The number of rotatable bonds is 3. The predicted octanol–water partition coefficient (Wildman–Crippen LogP) is 2.53. The molecular weight excluding hydrogens is 272 g/mol. The van der Waals surface area contributed by atoms with Gasteiger partial charge in [0.05, 0.1) is 5.60 Å². The van der Waals surface area contributed by atoms with E-state index in [4.69, 9.17) is 0 Å². The fraction of sp³-hybridized carbons (Fsp3) is 0.417. The molecule has 0 bridgehead atoms. The van der Waals surface area contributed by atoms with Crippen LogP contribution >= 0.6 is 15.9 Å². The largest absolute Gasteiger partial charge is 0.481 e. The normalized spacial score (nSPS) is 19.9. The highest BCUT2D eigenvalue weighted by Gasteiger charge is 2.46. The van der Waals surface area contributed by atoms with Crippen LogP contribution in [0.15, 0.2) is 28.7 Å². The summed E-state index contributed by atoms with van der Waals surface area (Å²) in [6.45, 7) is 0. The van der Waals surface area contributed by atoms with Crippen molar-refractivity contribution >= 4 is 21.9 Å². The van der Waals surface area contributed by atoms with Crippen molar-refractivity contribution in [3.63, 3.8) is 0 Å². The van der Waals surface area contributed by atoms with Gasteiger partial charge in [0.1, 0.15) is 5.92 Å². The van der Waals surface area contributed by atoms with Crippen molar-refractivity contribution in [3.8, 4) is 0 Å². The smallest absolute Gasteiger partial charge is 0.313 e. The van der Waals surface area contributed by atoms with Gasteiger partial charge < -0.3 is 10.2 Å². The van der Waals surface area contributed by atoms with E-state index in [0.29, 0.717) is 18.4 Å². The van der Waals surface area contributed by atoms with Gasteiger partial charge in [0.15, 0.2) is 0 Å². The number of aliphatic carboxylic acids is 1. The minimum atomic E-state index is -1.06. The minimum Gasteiger partial charge on any atom is -0.481 e. The third-order valence-electron chi connectivity index (χ3n) is 3.21. The van der Waals surface area contributed by atoms with E-state index in [9.17, 15) is 15.0 Å². The molecular formula is C12H13BrO3. The summed E-state index contributed by atoms with van der Waals surface area (Å²) >= 11 is 3.30. The van der Waals surface area contributed by atoms with E-state index in [1.54, 1.807) is 24.3 Å². The molecule has 2 rings (SSSR count). The molecule has 1 aromatic rings. The molecule has 0 heterocycles. The lowest BCUT2D eigenvalue weighted by Gasteiger charge is -2.41. The zero-order chi connectivity index (χ0) is 11.8. The average Bonchev–Trinajstić information content (AvgIpc) is 2.18. The van der Waals surface area contributed by atoms with Crippen molar-refractivity contribution in [2.75, 3.05) is 0 Å². The topological polar surface area (TPSA) is 57.5 Å². The van der Waals surface area contributed by atoms with E-state index in [0.717, 1.165) is 10.9 Å². The van der Waals surface area contributed by atoms with Gasteiger partial charge in [0.25, 0.3) is 0 Å². The van der Waals surface area contributed by atoms with Crippen molar-refractivity contribution in [2.45, 2.75) is 30.8 Å². The quantitative estimate of drug-likeness (QED) is 0.897. The zero-order valence-corrected chi connectivity index (χ0v) is 10.3. The molecule has 1 aliphatic rings. The van der Waals surface area contributed by atoms with Gasteiger partial charge in [-0.15, -0.1) is 0 Å². The first kappa shape index (κ1) is 11.6. The Hall–Kier alpha value is -0.870. The number of carbonyl (C=O) groups is 1. The Balaban J connectivity index is 2.33. The maximum atomic E-state index is 11.3. The molecule has 2 N–H and O–H groups in total. The summed E-state index contributed by atoms with van der Waals surface area (Å²) in [6.07, 6.45) is 2.04. The summed E-state index contributed by atoms with van der Waals surface area (Å²) in [4.78, 5) is 11.3. The van der Waals surface area contributed by atoms with Crippen molar-refractivity contribution in [1.29, 1.82) is 0 Å². The van der Waals surface area contributed by atoms with E-state index >= 15 is 0 Å². The molecule has 16 heavy (non-hydrogen) atoms. The van der Waals surface area contributed by atoms with Crippen LogP contribution in [0, 0.1) is 0 Å². The molecule has 3 nitrogen and oxygen atoms in total. The Labute approximate surface area is 102 Å². The molecule has 1 atom stereocenters. The lowest BCUT2D eigenvalue weighted by molar-refractivity contribution is -0.151. The number of halogens is 1. The van der Waals surface area contributed by atoms with Crippen molar-refractivity contribution in [2.24, 2.45) is 0 Å². The summed E-state index contributed by atoms with van der Waals surface area (Å²) < 4.78 is 0.904. The van der Waals surface area contributed by atoms with Gasteiger partial charge in [-0.05, 0) is 37.0 Å². The highest BCUT2D eigenvalue weighted by molar-refractivity contribution is 9.10. The predicted molar refractivity (Wildman–Crippen MR) is 63.3 cm³/mol. The van der Waals surface area contributed by atoms with Crippen LogP contribution in [0.3, 0.4) is 0 Å². The first-order chi connectivity index (χ1) is 7.53. The van der Waals surface area contributed by atoms with E-state index in [-0.39, 0.29) is 0 Å². The van der Waals surface area contributed by atoms with Crippen LogP contribution in [0.5, 0.6) is 0 Å². The van der Waals surface area contributed by atoms with Gasteiger partial charge in [-0.25, -0.2) is 0 Å². The molecule has 0 aromatic heterocycles. The lowest BCUT2D eigenvalue weighted by Crippen LogP contribution is -2.46. The second-order valence-corrected chi connectivity index (χ2v) is 5.20. The van der Waals surface area contributed by atoms with Gasteiger partial charge in [0.2, 0.25) is 0 Å². The number of hydrogen-bond donors (Lipinski definition) is 2. The maximum absolute atomic E-state index is 11.3. The molecule has 0 saturated heterocycles. The standard InChI is InChI=1S/C12H13BrO3/c13-9-4-2-8(3-5-9)10(11(14)15)12(16)6-1-7-12/h2-5,10,16H,1,6-7H2,(H,14,15). The van der Waals surface area contributed by atoms with E-state index in [1.807, 2.05) is 0 Å². The molecule has 4 heteroatoms. The van der Waals surface area contributed by atoms with Crippen molar-refractivity contribution in [3.05, 3.63) is 34.3 Å². The maximum Gasteiger partial charge on any atom is 0.313 e. The number of carboxylic acids is 1. The van der Waals surface area contributed by atoms with Crippen LogP contribution < -0.4 is 0 Å². The van der Waals surface area contributed by atoms with Crippen molar-refractivity contribution in [1.82, 2.24) is 0 Å². The second-order valence-electron chi connectivity index (χ2n) is 4.28. The average molecular weight is 285 g/mol. The SMILES string of the molecule is O=C(O)C(c1ccc(Br)cc1)C1(O)CCC1. The second kappa shape index (κ2) is 4.18. The van der Waals surface area contributed by atoms with Gasteiger partial charge in [-0.1, -0.05) is 28.1 Å². The van der Waals surface area contributed by atoms with Gasteiger partial charge in [0, 0.05) is 4.47 Å². The molecule has 1 saturated carbocycles. The third-order valence-corrected chi connectivity index (χ3v) is 3.74. The number of hydrogen-bond acceptors (Lipinski definition) is 2. The Morgan fingerprint density at radius 2 is 1.88 bits per heavy atom. The monoisotopic (exact) mass is 284 g/mol. The van der Waals surface area contributed by atoms with Gasteiger partial charge in [-0.2, -0.15) is 0 Å². The molecule has 1 aromatic carbocycles. The molecule has 1 unspecified atom stereocenters. The summed E-state index contributed by atoms with van der Waals surface area (Å²) in [5.41, 5.74) is -0.391. The van der Waals surface area contributed by atoms with Crippen LogP contribution in [-0.4, -0.2) is 21.8 Å². The lowest BCUT2D eigenvalue weighted by atomic mass is 9.69. The van der Waals surface area contributed by atoms with E-state index in [1.165, 1.54) is 0 Å². The van der Waals surface area contributed by atoms with E-state index < -0.39 is 17.5 Å². The molecule has 1 fully saturated rings.